The molecular formula is C45H42Cl2N6O12S2. The van der Waals surface area contributed by atoms with Crippen LogP contribution < -0.4 is 38.9 Å². The lowest BCUT2D eigenvalue weighted by atomic mass is 10.1. The maximum atomic E-state index is 12.8. The number of pyridine rings is 2. The Balaban J connectivity index is 0.000000195. The Morgan fingerprint density at radius 3 is 1.66 bits per heavy atom. The minimum atomic E-state index is -4.16. The van der Waals surface area contributed by atoms with E-state index in [2.05, 4.69) is 24.7 Å². The Morgan fingerprint density at radius 1 is 0.642 bits per heavy atom. The molecule has 0 radical (unpaired) electrons. The SMILES string of the molecule is COc1cc2nccc(Oc3ccc(N)cc3)c2cc1OC.COc1cc2nccc(Oc3ccc(NS(=O)(=O)c4cc(Cl)cc(Cl)c4O)cc3C)c2cc1OC.Cc1ncc(S(=O)(=O)O)[nH]1. The average Bonchev–Trinajstić information content (AvgIpc) is 3.76. The highest BCUT2D eigenvalue weighted by Crippen LogP contribution is 2.40. The number of imidazole rings is 1. The number of H-pyrrole nitrogens is 1. The molecule has 22 heteroatoms. The fraction of sp³-hybridized carbons (Fsp3) is 0.133. The van der Waals surface area contributed by atoms with Gasteiger partial charge in [0.15, 0.2) is 33.8 Å². The van der Waals surface area contributed by atoms with Crippen LogP contribution in [0.4, 0.5) is 11.4 Å². The van der Waals surface area contributed by atoms with Crippen molar-refractivity contribution < 1.29 is 54.9 Å². The van der Waals surface area contributed by atoms with Crippen LogP contribution in [-0.2, 0) is 20.1 Å². The van der Waals surface area contributed by atoms with E-state index < -0.39 is 30.8 Å². The lowest BCUT2D eigenvalue weighted by molar-refractivity contribution is 0.355. The van der Waals surface area contributed by atoms with Gasteiger partial charge in [-0.15, -0.1) is 0 Å². The molecule has 18 nitrogen and oxygen atoms in total. The van der Waals surface area contributed by atoms with E-state index in [0.29, 0.717) is 74.0 Å². The summed E-state index contributed by atoms with van der Waals surface area (Å²) in [6, 6.07) is 25.1. The molecule has 3 heterocycles. The Bertz CT molecular complexity index is 3300. The number of phenols is 1. The number of nitrogen functional groups attached to an aromatic ring is 1. The highest BCUT2D eigenvalue weighted by Gasteiger charge is 2.23. The average molecular weight is 994 g/mol. The van der Waals surface area contributed by atoms with Crippen molar-refractivity contribution in [3.63, 3.8) is 0 Å². The van der Waals surface area contributed by atoms with Crippen molar-refractivity contribution in [3.05, 3.63) is 131 Å². The molecule has 0 aliphatic rings. The van der Waals surface area contributed by atoms with Crippen LogP contribution in [-0.4, -0.2) is 74.9 Å². The van der Waals surface area contributed by atoms with Crippen molar-refractivity contribution in [2.75, 3.05) is 38.9 Å². The number of fused-ring (bicyclic) bond motifs is 2. The summed E-state index contributed by atoms with van der Waals surface area (Å²) in [6.07, 6.45) is 4.37. The maximum Gasteiger partial charge on any atom is 0.311 e. The Labute approximate surface area is 395 Å². The number of halogens is 2. The van der Waals surface area contributed by atoms with Gasteiger partial charge in [-0.1, -0.05) is 23.2 Å². The van der Waals surface area contributed by atoms with Gasteiger partial charge in [0.25, 0.3) is 10.0 Å². The summed E-state index contributed by atoms with van der Waals surface area (Å²) < 4.78 is 90.5. The number of anilines is 2. The quantitative estimate of drug-likeness (QED) is 0.0564. The Hall–Kier alpha value is -7.23. The number of nitrogens with one attached hydrogen (secondary N) is 2. The van der Waals surface area contributed by atoms with E-state index >= 15 is 0 Å². The molecule has 0 aliphatic heterocycles. The minimum absolute atomic E-state index is 0.0759. The molecule has 0 spiro atoms. The number of nitrogens with zero attached hydrogens (tertiary/aromatic N) is 3. The number of nitrogens with two attached hydrogens (primary N) is 1. The molecule has 0 atom stereocenters. The summed E-state index contributed by atoms with van der Waals surface area (Å²) in [4.78, 5) is 14.2. The zero-order valence-corrected chi connectivity index (χ0v) is 39.5. The topological polar surface area (TPSA) is 257 Å². The number of ether oxygens (including phenoxy) is 6. The molecule has 0 fully saturated rings. The number of phenolic OH excluding ortho intramolecular Hbond substituents is 1. The molecule has 0 amide bonds. The molecule has 0 aliphatic carbocycles. The largest absolute Gasteiger partial charge is 0.505 e. The fourth-order valence-electron chi connectivity index (χ4n) is 6.17. The molecular weight excluding hydrogens is 952 g/mol. The first kappa shape index (κ1) is 49.2. The number of aryl methyl sites for hydroxylation is 2. The lowest BCUT2D eigenvalue weighted by Gasteiger charge is -2.15. The van der Waals surface area contributed by atoms with Gasteiger partial charge in [0, 0.05) is 51.7 Å². The van der Waals surface area contributed by atoms with Gasteiger partial charge in [-0.05, 0) is 98.3 Å². The van der Waals surface area contributed by atoms with Gasteiger partial charge in [0.1, 0.15) is 33.7 Å². The second kappa shape index (κ2) is 20.9. The van der Waals surface area contributed by atoms with Crippen molar-refractivity contribution in [1.82, 2.24) is 19.9 Å². The zero-order valence-electron chi connectivity index (χ0n) is 36.4. The van der Waals surface area contributed by atoms with E-state index in [-0.39, 0.29) is 20.8 Å². The number of sulfonamides is 1. The van der Waals surface area contributed by atoms with Crippen molar-refractivity contribution >= 4 is 76.5 Å². The van der Waals surface area contributed by atoms with Crippen molar-refractivity contribution in [2.24, 2.45) is 0 Å². The van der Waals surface area contributed by atoms with Crippen LogP contribution in [0.5, 0.6) is 51.7 Å². The highest BCUT2D eigenvalue weighted by molar-refractivity contribution is 7.92. The van der Waals surface area contributed by atoms with Gasteiger partial charge in [-0.25, -0.2) is 13.4 Å². The van der Waals surface area contributed by atoms with Gasteiger partial charge in [0.05, 0.1) is 50.7 Å². The van der Waals surface area contributed by atoms with Gasteiger partial charge >= 0.3 is 10.1 Å². The van der Waals surface area contributed by atoms with Gasteiger partial charge < -0.3 is 44.2 Å². The first-order chi connectivity index (χ1) is 31.8. The van der Waals surface area contributed by atoms with Crippen LogP contribution in [0.3, 0.4) is 0 Å². The number of aromatic nitrogens is 4. The molecule has 67 heavy (non-hydrogen) atoms. The summed E-state index contributed by atoms with van der Waals surface area (Å²) in [5.41, 5.74) is 8.72. The van der Waals surface area contributed by atoms with E-state index in [1.54, 1.807) is 97.1 Å². The van der Waals surface area contributed by atoms with Crippen LogP contribution in [0.15, 0.2) is 120 Å². The molecule has 8 aromatic rings. The van der Waals surface area contributed by atoms with Crippen molar-refractivity contribution in [3.8, 4) is 51.7 Å². The third-order valence-electron chi connectivity index (χ3n) is 9.41. The molecule has 350 valence electrons. The van der Waals surface area contributed by atoms with E-state index in [1.807, 2.05) is 30.3 Å². The number of rotatable bonds is 12. The second-order valence-corrected chi connectivity index (χ2v) is 17.9. The van der Waals surface area contributed by atoms with Gasteiger partial charge in [-0.3, -0.25) is 19.2 Å². The van der Waals surface area contributed by atoms with E-state index in [1.165, 1.54) is 12.1 Å². The number of benzene rings is 5. The predicted octanol–water partition coefficient (Wildman–Crippen LogP) is 9.76. The monoisotopic (exact) mass is 992 g/mol. The van der Waals surface area contributed by atoms with Crippen molar-refractivity contribution in [2.45, 2.75) is 23.8 Å². The summed E-state index contributed by atoms with van der Waals surface area (Å²) in [5.74, 6) is 4.64. The summed E-state index contributed by atoms with van der Waals surface area (Å²) in [6.45, 7) is 3.36. The molecule has 8 rings (SSSR count). The smallest absolute Gasteiger partial charge is 0.311 e. The van der Waals surface area contributed by atoms with Crippen LogP contribution in [0.1, 0.15) is 11.4 Å². The van der Waals surface area contributed by atoms with Gasteiger partial charge in [0.2, 0.25) is 0 Å². The Kier molecular flexibility index (Phi) is 15.4. The summed E-state index contributed by atoms with van der Waals surface area (Å²) >= 11 is 11.8. The molecule has 0 saturated carbocycles. The molecule has 0 bridgehead atoms. The number of aromatic amines is 1. The third-order valence-corrected chi connectivity index (χ3v) is 12.1. The zero-order chi connectivity index (χ0) is 48.6. The molecule has 3 aromatic heterocycles. The van der Waals surface area contributed by atoms with Crippen LogP contribution in [0.25, 0.3) is 21.8 Å². The standard InChI is InChI=1S/C24H20Cl2N2O6S.C17H16N2O3.C4H6N2O3S/c1-13-8-15(28-35(30,31)23-10-14(25)9-17(26)24(23)29)4-5-19(13)34-20-6-7-27-18-12-22(33-3)21(32-2)11-16(18)20;1-20-16-9-13-14(10-17(16)21-2)19-8-7-15(13)22-12-5-3-11(18)4-6-12;1-3-5-2-4(6-3)10(7,8)9/h4-12,28-29H,1-3H3;3-10H,18H2,1-2H3;2H,1H3,(H,5,6)(H,7,8,9). The first-order valence-electron chi connectivity index (χ1n) is 19.4. The number of hydrogen-bond acceptors (Lipinski definition) is 15. The number of aromatic hydroxyl groups is 1. The van der Waals surface area contributed by atoms with Crippen molar-refractivity contribution in [1.29, 1.82) is 0 Å². The molecule has 6 N–H and O–H groups in total. The van der Waals surface area contributed by atoms with Crippen LogP contribution in [0, 0.1) is 13.8 Å². The minimum Gasteiger partial charge on any atom is -0.505 e. The van der Waals surface area contributed by atoms with Gasteiger partial charge in [-0.2, -0.15) is 8.42 Å². The fourth-order valence-corrected chi connectivity index (χ4v) is 8.44. The Morgan fingerprint density at radius 2 is 1.18 bits per heavy atom. The van der Waals surface area contributed by atoms with E-state index in [9.17, 15) is 21.9 Å². The lowest BCUT2D eigenvalue weighted by Crippen LogP contribution is -2.13. The molecule has 5 aromatic carbocycles. The molecule has 0 unspecified atom stereocenters. The molecule has 0 saturated heterocycles. The number of methoxy groups -OCH3 is 4. The third kappa shape index (κ3) is 12.0. The second-order valence-electron chi connectivity index (χ2n) is 14.0. The summed E-state index contributed by atoms with van der Waals surface area (Å²) in [7, 11) is -1.98. The highest BCUT2D eigenvalue weighted by atomic mass is 35.5. The summed E-state index contributed by atoms with van der Waals surface area (Å²) in [5, 5.41) is 11.3. The van der Waals surface area contributed by atoms with E-state index in [0.717, 1.165) is 23.2 Å². The first-order valence-corrected chi connectivity index (χ1v) is 23.0. The predicted molar refractivity (Wildman–Crippen MR) is 254 cm³/mol. The van der Waals surface area contributed by atoms with E-state index in [4.69, 9.17) is 61.9 Å². The maximum absolute atomic E-state index is 12.8. The number of hydrogen-bond donors (Lipinski definition) is 5. The van der Waals surface area contributed by atoms with Crippen LogP contribution in [0.2, 0.25) is 10.0 Å². The van der Waals surface area contributed by atoms with Crippen LogP contribution >= 0.6 is 23.2 Å². The normalized spacial score (nSPS) is 11.1.